The fraction of sp³-hybridized carbons (Fsp3) is 0.500. The summed E-state index contributed by atoms with van der Waals surface area (Å²) in [6.45, 7) is 4.03. The van der Waals surface area contributed by atoms with Gasteiger partial charge in [-0.25, -0.2) is 4.79 Å². The van der Waals surface area contributed by atoms with Crippen molar-refractivity contribution < 1.29 is 9.53 Å². The number of hydrogen-bond donors (Lipinski definition) is 2. The molecule has 2 amide bonds. The number of anilines is 2. The van der Waals surface area contributed by atoms with Crippen LogP contribution < -0.4 is 10.6 Å². The first-order chi connectivity index (χ1) is 15.7. The number of piperidine rings is 2. The van der Waals surface area contributed by atoms with Crippen LogP contribution in [0.25, 0.3) is 0 Å². The fourth-order valence-electron chi connectivity index (χ4n) is 4.78. The van der Waals surface area contributed by atoms with E-state index in [2.05, 4.69) is 51.9 Å². The zero-order chi connectivity index (χ0) is 21.8. The maximum Gasteiger partial charge on any atom is 0.321 e. The lowest BCUT2D eigenvalue weighted by atomic mass is 10.0. The van der Waals surface area contributed by atoms with E-state index in [1.807, 2.05) is 17.0 Å². The molecule has 0 spiro atoms. The summed E-state index contributed by atoms with van der Waals surface area (Å²) < 4.78 is 5.85. The van der Waals surface area contributed by atoms with Crippen molar-refractivity contribution in [1.29, 1.82) is 0 Å². The largest absolute Gasteiger partial charge is 0.357 e. The van der Waals surface area contributed by atoms with Crippen molar-refractivity contribution in [3.05, 3.63) is 59.7 Å². The zero-order valence-electron chi connectivity index (χ0n) is 18.8. The van der Waals surface area contributed by atoms with Crippen LogP contribution in [0.15, 0.2) is 48.5 Å². The molecule has 3 fully saturated rings. The predicted octanol–water partition coefficient (Wildman–Crippen LogP) is 4.88. The molecule has 3 heterocycles. The monoisotopic (exact) mass is 434 g/mol. The number of carbonyl (C=O) groups excluding carboxylic acids is 1. The SMILES string of the molecule is O=C(Nc1ccc(Cc2ccc(NC3OC3N3CCCCC3)cc2)cc1)N1CCCCC1. The van der Waals surface area contributed by atoms with Crippen LogP contribution in [0.4, 0.5) is 16.2 Å². The normalized spacial score (nSPS) is 23.6. The first-order valence-corrected chi connectivity index (χ1v) is 12.1. The minimum Gasteiger partial charge on any atom is -0.357 e. The molecule has 6 heteroatoms. The summed E-state index contributed by atoms with van der Waals surface area (Å²) in [4.78, 5) is 16.7. The number of benzene rings is 2. The fourth-order valence-corrected chi connectivity index (χ4v) is 4.78. The van der Waals surface area contributed by atoms with Crippen molar-refractivity contribution in [3.8, 4) is 0 Å². The maximum absolute atomic E-state index is 12.4. The van der Waals surface area contributed by atoms with Crippen molar-refractivity contribution in [2.75, 3.05) is 36.8 Å². The van der Waals surface area contributed by atoms with Crippen molar-refractivity contribution in [3.63, 3.8) is 0 Å². The van der Waals surface area contributed by atoms with E-state index in [9.17, 15) is 4.79 Å². The lowest BCUT2D eigenvalue weighted by Crippen LogP contribution is -2.38. The van der Waals surface area contributed by atoms with Crippen molar-refractivity contribution in [1.82, 2.24) is 9.80 Å². The highest BCUT2D eigenvalue weighted by Crippen LogP contribution is 2.30. The van der Waals surface area contributed by atoms with Crippen LogP contribution in [-0.4, -0.2) is 54.5 Å². The van der Waals surface area contributed by atoms with Crippen LogP contribution in [0.2, 0.25) is 0 Å². The summed E-state index contributed by atoms with van der Waals surface area (Å²) in [7, 11) is 0. The van der Waals surface area contributed by atoms with Crippen molar-refractivity contribution >= 4 is 17.4 Å². The minimum atomic E-state index is 0.0164. The van der Waals surface area contributed by atoms with Gasteiger partial charge in [-0.3, -0.25) is 4.90 Å². The summed E-state index contributed by atoms with van der Waals surface area (Å²) in [5.41, 5.74) is 4.47. The van der Waals surface area contributed by atoms with Gasteiger partial charge in [0.05, 0.1) is 0 Å². The molecule has 170 valence electrons. The third-order valence-electron chi connectivity index (χ3n) is 6.74. The van der Waals surface area contributed by atoms with E-state index in [4.69, 9.17) is 4.74 Å². The second-order valence-electron chi connectivity index (χ2n) is 9.24. The molecule has 0 saturated carbocycles. The van der Waals surface area contributed by atoms with E-state index in [1.54, 1.807) is 0 Å². The van der Waals surface area contributed by atoms with E-state index in [1.165, 1.54) is 36.8 Å². The number of carbonyl (C=O) groups is 1. The highest BCUT2D eigenvalue weighted by molar-refractivity contribution is 5.89. The third-order valence-corrected chi connectivity index (χ3v) is 6.74. The first kappa shape index (κ1) is 21.3. The maximum atomic E-state index is 12.4. The van der Waals surface area contributed by atoms with Crippen molar-refractivity contribution in [2.24, 2.45) is 0 Å². The summed E-state index contributed by atoms with van der Waals surface area (Å²) in [6, 6.07) is 16.8. The van der Waals surface area contributed by atoms with E-state index in [-0.39, 0.29) is 18.5 Å². The van der Waals surface area contributed by atoms with Gasteiger partial charge in [0.2, 0.25) is 0 Å². The average molecular weight is 435 g/mol. The molecule has 0 bridgehead atoms. The summed E-state index contributed by atoms with van der Waals surface area (Å²) in [6.07, 6.45) is 8.58. The molecule has 0 aliphatic carbocycles. The van der Waals surface area contributed by atoms with Crippen LogP contribution >= 0.6 is 0 Å². The van der Waals surface area contributed by atoms with Gasteiger partial charge in [-0.2, -0.15) is 0 Å². The van der Waals surface area contributed by atoms with Gasteiger partial charge in [-0.1, -0.05) is 30.7 Å². The van der Waals surface area contributed by atoms with Gasteiger partial charge < -0.3 is 20.3 Å². The first-order valence-electron chi connectivity index (χ1n) is 12.1. The van der Waals surface area contributed by atoms with Gasteiger partial charge in [0, 0.05) is 37.6 Å². The van der Waals surface area contributed by atoms with Gasteiger partial charge in [0.15, 0.2) is 12.5 Å². The van der Waals surface area contributed by atoms with Crippen molar-refractivity contribution in [2.45, 2.75) is 57.4 Å². The van der Waals surface area contributed by atoms with E-state index < -0.39 is 0 Å². The number of amides is 2. The molecule has 2 unspecified atom stereocenters. The molecule has 2 aromatic rings. The number of nitrogens with one attached hydrogen (secondary N) is 2. The van der Waals surface area contributed by atoms with E-state index in [0.717, 1.165) is 56.8 Å². The Kier molecular flexibility index (Phi) is 6.60. The lowest BCUT2D eigenvalue weighted by Gasteiger charge is -2.26. The predicted molar refractivity (Wildman–Crippen MR) is 128 cm³/mol. The standard InChI is InChI=1S/C26H34N4O2/c31-26(30-17-5-2-6-18-30)28-23-13-9-21(10-14-23)19-20-7-11-22(12-8-20)27-24-25(32-24)29-15-3-1-4-16-29/h7-14,24-25,27H,1-6,15-19H2,(H,28,31). The van der Waals surface area contributed by atoms with Crippen LogP contribution in [0, 0.1) is 0 Å². The number of rotatable bonds is 6. The van der Waals surface area contributed by atoms with Crippen LogP contribution in [0.1, 0.15) is 49.7 Å². The number of likely N-dealkylation sites (tertiary alicyclic amines) is 2. The number of nitrogens with zero attached hydrogens (tertiary/aromatic N) is 2. The topological polar surface area (TPSA) is 60.1 Å². The number of urea groups is 1. The van der Waals surface area contributed by atoms with Gasteiger partial charge in [-0.15, -0.1) is 0 Å². The molecular weight excluding hydrogens is 400 g/mol. The lowest BCUT2D eigenvalue weighted by molar-refractivity contribution is 0.149. The molecule has 3 aliphatic rings. The molecule has 2 N–H and O–H groups in total. The van der Waals surface area contributed by atoms with Gasteiger partial charge in [-0.05, 0) is 73.9 Å². The van der Waals surface area contributed by atoms with Crippen LogP contribution in [-0.2, 0) is 11.2 Å². The minimum absolute atomic E-state index is 0.0164. The molecule has 2 atom stereocenters. The van der Waals surface area contributed by atoms with Crippen LogP contribution in [0.3, 0.4) is 0 Å². The summed E-state index contributed by atoms with van der Waals surface area (Å²) in [5, 5.41) is 6.52. The highest BCUT2D eigenvalue weighted by atomic mass is 16.6. The Balaban J connectivity index is 1.09. The molecule has 5 rings (SSSR count). The molecule has 3 saturated heterocycles. The molecule has 32 heavy (non-hydrogen) atoms. The molecular formula is C26H34N4O2. The van der Waals surface area contributed by atoms with E-state index >= 15 is 0 Å². The van der Waals surface area contributed by atoms with Gasteiger partial charge >= 0.3 is 6.03 Å². The second kappa shape index (κ2) is 9.92. The Morgan fingerprint density at radius 2 is 1.34 bits per heavy atom. The molecule has 3 aliphatic heterocycles. The Morgan fingerprint density at radius 1 is 0.781 bits per heavy atom. The Bertz CT molecular complexity index is 887. The highest BCUT2D eigenvalue weighted by Gasteiger charge is 2.43. The Hall–Kier alpha value is -2.57. The van der Waals surface area contributed by atoms with E-state index in [0.29, 0.717) is 0 Å². The zero-order valence-corrected chi connectivity index (χ0v) is 18.8. The van der Waals surface area contributed by atoms with Gasteiger partial charge in [0.1, 0.15) is 0 Å². The Morgan fingerprint density at radius 3 is 1.97 bits per heavy atom. The van der Waals surface area contributed by atoms with Crippen LogP contribution in [0.5, 0.6) is 0 Å². The Labute approximate surface area is 190 Å². The summed E-state index contributed by atoms with van der Waals surface area (Å²) >= 11 is 0. The number of epoxide rings is 1. The molecule has 2 aromatic carbocycles. The smallest absolute Gasteiger partial charge is 0.321 e. The molecule has 6 nitrogen and oxygen atoms in total. The number of ether oxygens (including phenoxy) is 1. The average Bonchev–Trinajstić information content (AvgIpc) is 3.62. The second-order valence-corrected chi connectivity index (χ2v) is 9.24. The van der Waals surface area contributed by atoms with Gasteiger partial charge in [0.25, 0.3) is 0 Å². The molecule has 0 radical (unpaired) electrons. The summed E-state index contributed by atoms with van der Waals surface area (Å²) in [5.74, 6) is 0. The molecule has 0 aromatic heterocycles. The third kappa shape index (κ3) is 5.43. The number of hydrogen-bond acceptors (Lipinski definition) is 4. The quantitative estimate of drug-likeness (QED) is 0.637.